The number of carbonyl (C=O) groups is 1. The summed E-state index contributed by atoms with van der Waals surface area (Å²) >= 11 is 1.67. The van der Waals surface area contributed by atoms with Crippen molar-refractivity contribution >= 4 is 17.3 Å². The van der Waals surface area contributed by atoms with Crippen molar-refractivity contribution in [2.45, 2.75) is 38.3 Å². The number of aliphatic carboxylic acids is 1. The first kappa shape index (κ1) is 14.4. The van der Waals surface area contributed by atoms with Crippen molar-refractivity contribution < 1.29 is 14.3 Å². The van der Waals surface area contributed by atoms with Gasteiger partial charge in [0, 0.05) is 11.4 Å². The van der Waals surface area contributed by atoms with Crippen molar-refractivity contribution in [2.24, 2.45) is 0 Å². The van der Waals surface area contributed by atoms with Crippen molar-refractivity contribution in [2.75, 3.05) is 6.54 Å². The van der Waals surface area contributed by atoms with E-state index in [9.17, 15) is 9.90 Å². The second kappa shape index (κ2) is 6.03. The van der Waals surface area contributed by atoms with Crippen molar-refractivity contribution in [3.63, 3.8) is 0 Å². The Hall–Kier alpha value is -1.59. The summed E-state index contributed by atoms with van der Waals surface area (Å²) in [6.45, 7) is 2.86. The molecule has 3 rings (SSSR count). The van der Waals surface area contributed by atoms with Gasteiger partial charge in [0.2, 0.25) is 0 Å². The van der Waals surface area contributed by atoms with Gasteiger partial charge in [-0.1, -0.05) is 6.42 Å². The molecular formula is C16H19NO3S. The van der Waals surface area contributed by atoms with Gasteiger partial charge in [-0.25, -0.2) is 0 Å². The van der Waals surface area contributed by atoms with Crippen LogP contribution in [0.3, 0.4) is 0 Å². The highest BCUT2D eigenvalue weighted by molar-refractivity contribution is 7.10. The summed E-state index contributed by atoms with van der Waals surface area (Å²) < 4.78 is 5.63. The largest absolute Gasteiger partial charge is 0.480 e. The lowest BCUT2D eigenvalue weighted by Gasteiger charge is -2.38. The summed E-state index contributed by atoms with van der Waals surface area (Å²) in [6, 6.07) is 5.36. The maximum atomic E-state index is 11.6. The summed E-state index contributed by atoms with van der Waals surface area (Å²) in [4.78, 5) is 14.9. The van der Waals surface area contributed by atoms with Gasteiger partial charge in [0.05, 0.1) is 6.26 Å². The number of rotatable bonds is 4. The van der Waals surface area contributed by atoms with Gasteiger partial charge in [0.15, 0.2) is 0 Å². The number of furan rings is 1. The number of thiophene rings is 1. The Morgan fingerprint density at radius 1 is 1.48 bits per heavy atom. The van der Waals surface area contributed by atoms with Crippen LogP contribution < -0.4 is 0 Å². The Morgan fingerprint density at radius 3 is 2.95 bits per heavy atom. The normalized spacial score (nSPS) is 21.3. The van der Waals surface area contributed by atoms with Crippen LogP contribution in [0.5, 0.6) is 0 Å². The molecule has 2 unspecified atom stereocenters. The maximum absolute atomic E-state index is 11.6. The molecule has 4 nitrogen and oxygen atoms in total. The molecule has 1 aliphatic heterocycles. The fourth-order valence-electron chi connectivity index (χ4n) is 3.08. The van der Waals surface area contributed by atoms with E-state index in [1.807, 2.05) is 12.1 Å². The summed E-state index contributed by atoms with van der Waals surface area (Å²) in [5.74, 6) is 0.0918. The zero-order valence-electron chi connectivity index (χ0n) is 12.0. The minimum atomic E-state index is -0.736. The standard InChI is InChI=1S/C16H19NO3S/c1-11-7-10-21-15(11)14(13-6-4-9-20-13)17-8-3-2-5-12(17)16(18)19/h4,6-7,9-10,12,14H,2-3,5,8H2,1H3,(H,18,19). The van der Waals surface area contributed by atoms with Gasteiger partial charge in [0.1, 0.15) is 17.8 Å². The van der Waals surface area contributed by atoms with Crippen LogP contribution in [0, 0.1) is 6.92 Å². The second-order valence-corrected chi connectivity index (χ2v) is 6.42. The number of carboxylic acids is 1. The molecule has 1 saturated heterocycles. The first-order chi connectivity index (χ1) is 10.2. The molecule has 0 bridgehead atoms. The number of likely N-dealkylation sites (tertiary alicyclic amines) is 1. The van der Waals surface area contributed by atoms with Crippen LogP contribution in [0.15, 0.2) is 34.3 Å². The van der Waals surface area contributed by atoms with Gasteiger partial charge in [-0.2, -0.15) is 0 Å². The van der Waals surface area contributed by atoms with E-state index in [-0.39, 0.29) is 6.04 Å². The van der Waals surface area contributed by atoms with Crippen molar-refractivity contribution in [1.82, 2.24) is 4.90 Å². The molecule has 112 valence electrons. The zero-order chi connectivity index (χ0) is 14.8. The van der Waals surface area contributed by atoms with Gasteiger partial charge in [0.25, 0.3) is 0 Å². The van der Waals surface area contributed by atoms with Crippen molar-refractivity contribution in [3.8, 4) is 0 Å². The molecule has 0 amide bonds. The molecule has 0 aromatic carbocycles. The number of aryl methyl sites for hydroxylation is 1. The zero-order valence-corrected chi connectivity index (χ0v) is 12.8. The van der Waals surface area contributed by atoms with E-state index in [0.717, 1.165) is 25.1 Å². The van der Waals surface area contributed by atoms with E-state index in [1.54, 1.807) is 17.6 Å². The van der Waals surface area contributed by atoms with Crippen molar-refractivity contribution in [1.29, 1.82) is 0 Å². The summed E-state index contributed by atoms with van der Waals surface area (Å²) in [7, 11) is 0. The monoisotopic (exact) mass is 305 g/mol. The smallest absolute Gasteiger partial charge is 0.320 e. The number of piperidine rings is 1. The van der Waals surface area contributed by atoms with Crippen LogP contribution >= 0.6 is 11.3 Å². The molecule has 0 saturated carbocycles. The fourth-order valence-corrected chi connectivity index (χ4v) is 4.14. The maximum Gasteiger partial charge on any atom is 0.320 e. The third kappa shape index (κ3) is 2.76. The molecule has 1 N–H and O–H groups in total. The average molecular weight is 305 g/mol. The summed E-state index contributed by atoms with van der Waals surface area (Å²) in [5.41, 5.74) is 1.19. The van der Waals surface area contributed by atoms with Crippen LogP contribution in [0.4, 0.5) is 0 Å². The molecule has 0 radical (unpaired) electrons. The summed E-state index contributed by atoms with van der Waals surface area (Å²) in [6.07, 6.45) is 4.37. The highest BCUT2D eigenvalue weighted by atomic mass is 32.1. The number of hydrogen-bond donors (Lipinski definition) is 1. The Labute approximate surface area is 128 Å². The van der Waals surface area contributed by atoms with Gasteiger partial charge in [-0.3, -0.25) is 9.69 Å². The van der Waals surface area contributed by atoms with Gasteiger partial charge in [-0.15, -0.1) is 11.3 Å². The third-order valence-electron chi connectivity index (χ3n) is 4.12. The minimum absolute atomic E-state index is 0.0959. The van der Waals surface area contributed by atoms with Gasteiger partial charge >= 0.3 is 5.97 Å². The van der Waals surface area contributed by atoms with E-state index in [0.29, 0.717) is 6.42 Å². The van der Waals surface area contributed by atoms with E-state index in [2.05, 4.69) is 23.3 Å². The molecule has 1 fully saturated rings. The van der Waals surface area contributed by atoms with Gasteiger partial charge in [-0.05, 0) is 48.9 Å². The number of hydrogen-bond acceptors (Lipinski definition) is 4. The lowest BCUT2D eigenvalue weighted by Crippen LogP contribution is -2.46. The SMILES string of the molecule is Cc1ccsc1C(c1ccco1)N1CCCCC1C(=O)O. The van der Waals surface area contributed by atoms with E-state index in [1.165, 1.54) is 10.4 Å². The second-order valence-electron chi connectivity index (χ2n) is 5.47. The van der Waals surface area contributed by atoms with E-state index >= 15 is 0 Å². The topological polar surface area (TPSA) is 53.7 Å². The van der Waals surface area contributed by atoms with Crippen LogP contribution in [0.2, 0.25) is 0 Å². The Balaban J connectivity index is 2.02. The molecule has 0 spiro atoms. The highest BCUT2D eigenvalue weighted by Crippen LogP contribution is 2.38. The molecule has 0 aliphatic carbocycles. The van der Waals surface area contributed by atoms with Crippen LogP contribution in [-0.2, 0) is 4.79 Å². The molecule has 3 heterocycles. The number of carboxylic acid groups (broad SMARTS) is 1. The van der Waals surface area contributed by atoms with Crippen LogP contribution in [0.1, 0.15) is 41.5 Å². The molecule has 5 heteroatoms. The molecule has 2 aromatic heterocycles. The average Bonchev–Trinajstić information content (AvgIpc) is 3.13. The fraction of sp³-hybridized carbons (Fsp3) is 0.438. The van der Waals surface area contributed by atoms with Crippen molar-refractivity contribution in [3.05, 3.63) is 46.0 Å². The lowest BCUT2D eigenvalue weighted by molar-refractivity contribution is -0.145. The predicted octanol–water partition coefficient (Wildman–Crippen LogP) is 3.68. The Morgan fingerprint density at radius 2 is 2.33 bits per heavy atom. The predicted molar refractivity (Wildman–Crippen MR) is 81.6 cm³/mol. The van der Waals surface area contributed by atoms with Crippen LogP contribution in [-0.4, -0.2) is 28.6 Å². The summed E-state index contributed by atoms with van der Waals surface area (Å²) in [5, 5.41) is 11.6. The highest BCUT2D eigenvalue weighted by Gasteiger charge is 2.37. The number of nitrogens with zero attached hydrogens (tertiary/aromatic N) is 1. The molecule has 2 aromatic rings. The molecule has 2 atom stereocenters. The van der Waals surface area contributed by atoms with Gasteiger partial charge < -0.3 is 9.52 Å². The molecule has 21 heavy (non-hydrogen) atoms. The lowest BCUT2D eigenvalue weighted by atomic mass is 9.97. The first-order valence-corrected chi connectivity index (χ1v) is 8.12. The Bertz CT molecular complexity index is 605. The van der Waals surface area contributed by atoms with Crippen LogP contribution in [0.25, 0.3) is 0 Å². The molecule has 1 aliphatic rings. The van der Waals surface area contributed by atoms with E-state index in [4.69, 9.17) is 4.42 Å². The quantitative estimate of drug-likeness (QED) is 0.936. The third-order valence-corrected chi connectivity index (χ3v) is 5.19. The van der Waals surface area contributed by atoms with E-state index < -0.39 is 12.0 Å². The Kier molecular flexibility index (Phi) is 4.12. The first-order valence-electron chi connectivity index (χ1n) is 7.24. The molecular weight excluding hydrogens is 286 g/mol. The minimum Gasteiger partial charge on any atom is -0.480 e.